The van der Waals surface area contributed by atoms with E-state index in [2.05, 4.69) is 10.5 Å². The molecule has 3 rings (SSSR count). The summed E-state index contributed by atoms with van der Waals surface area (Å²) < 4.78 is 37.9. The summed E-state index contributed by atoms with van der Waals surface area (Å²) in [6.45, 7) is 0. The van der Waals surface area contributed by atoms with Gasteiger partial charge in [-0.2, -0.15) is 18.3 Å². The zero-order valence-electron chi connectivity index (χ0n) is 14.1. The zero-order valence-corrected chi connectivity index (χ0v) is 14.1. The van der Waals surface area contributed by atoms with Crippen molar-refractivity contribution in [1.29, 1.82) is 0 Å². The Kier molecular flexibility index (Phi) is 5.35. The molecule has 3 aromatic carbocycles. The molecule has 0 aliphatic heterocycles. The largest absolute Gasteiger partial charge is 0.416 e. The van der Waals surface area contributed by atoms with Gasteiger partial charge in [-0.25, -0.2) is 5.43 Å². The Bertz CT molecular complexity index is 893. The highest BCUT2D eigenvalue weighted by atomic mass is 19.4. The van der Waals surface area contributed by atoms with Gasteiger partial charge < -0.3 is 0 Å². The Labute approximate surface area is 154 Å². The second kappa shape index (κ2) is 7.86. The highest BCUT2D eigenvalue weighted by Gasteiger charge is 2.30. The van der Waals surface area contributed by atoms with E-state index in [0.29, 0.717) is 5.71 Å². The van der Waals surface area contributed by atoms with E-state index in [1.165, 1.54) is 0 Å². The summed E-state index contributed by atoms with van der Waals surface area (Å²) in [6, 6.07) is 22.6. The number of benzene rings is 3. The molecule has 1 N–H and O–H groups in total. The van der Waals surface area contributed by atoms with Crippen molar-refractivity contribution in [2.45, 2.75) is 6.18 Å². The van der Waals surface area contributed by atoms with Crippen molar-refractivity contribution in [2.24, 2.45) is 5.10 Å². The monoisotopic (exact) mass is 368 g/mol. The average Bonchev–Trinajstić information content (AvgIpc) is 2.69. The predicted molar refractivity (Wildman–Crippen MR) is 97.4 cm³/mol. The first kappa shape index (κ1) is 18.4. The van der Waals surface area contributed by atoms with Gasteiger partial charge >= 0.3 is 6.18 Å². The van der Waals surface area contributed by atoms with Gasteiger partial charge in [0.1, 0.15) is 0 Å². The lowest BCUT2D eigenvalue weighted by Gasteiger charge is -2.09. The SMILES string of the molecule is O=C(NN=C(c1ccccc1)c1ccccc1)c1ccc(C(F)(F)F)cc1. The summed E-state index contributed by atoms with van der Waals surface area (Å²) in [7, 11) is 0. The van der Waals surface area contributed by atoms with Gasteiger partial charge in [0.25, 0.3) is 5.91 Å². The summed E-state index contributed by atoms with van der Waals surface area (Å²) in [6.07, 6.45) is -4.44. The van der Waals surface area contributed by atoms with E-state index in [1.54, 1.807) is 0 Å². The molecule has 0 aromatic heterocycles. The maximum atomic E-state index is 12.6. The summed E-state index contributed by atoms with van der Waals surface area (Å²) in [5.74, 6) is -0.590. The van der Waals surface area contributed by atoms with Gasteiger partial charge in [0.15, 0.2) is 0 Å². The number of alkyl halides is 3. The van der Waals surface area contributed by atoms with Crippen molar-refractivity contribution in [3.05, 3.63) is 107 Å². The van der Waals surface area contributed by atoms with E-state index >= 15 is 0 Å². The van der Waals surface area contributed by atoms with Crippen LogP contribution < -0.4 is 5.43 Å². The van der Waals surface area contributed by atoms with Crippen LogP contribution in [0.2, 0.25) is 0 Å². The van der Waals surface area contributed by atoms with Gasteiger partial charge in [-0.3, -0.25) is 4.79 Å². The lowest BCUT2D eigenvalue weighted by atomic mass is 10.0. The Balaban J connectivity index is 1.85. The molecule has 27 heavy (non-hydrogen) atoms. The molecule has 0 bridgehead atoms. The number of hydrogen-bond acceptors (Lipinski definition) is 2. The molecule has 3 nitrogen and oxygen atoms in total. The fourth-order valence-electron chi connectivity index (χ4n) is 2.47. The third kappa shape index (κ3) is 4.61. The molecule has 0 saturated heterocycles. The lowest BCUT2D eigenvalue weighted by molar-refractivity contribution is -0.137. The number of hydrazone groups is 1. The molecule has 0 heterocycles. The first-order chi connectivity index (χ1) is 12.9. The highest BCUT2D eigenvalue weighted by molar-refractivity contribution is 6.13. The molecule has 0 saturated carbocycles. The van der Waals surface area contributed by atoms with Crippen LogP contribution in [0.5, 0.6) is 0 Å². The number of carbonyl (C=O) groups excluding carboxylic acids is 1. The standard InChI is InChI=1S/C21H15F3N2O/c22-21(23,24)18-13-11-17(12-14-18)20(27)26-25-19(15-7-3-1-4-8-15)16-9-5-2-6-10-16/h1-14H,(H,26,27). The number of nitrogens with zero attached hydrogens (tertiary/aromatic N) is 1. The van der Waals surface area contributed by atoms with Crippen molar-refractivity contribution in [1.82, 2.24) is 5.43 Å². The summed E-state index contributed by atoms with van der Waals surface area (Å²) in [5.41, 5.74) is 3.86. The van der Waals surface area contributed by atoms with Gasteiger partial charge in [0.2, 0.25) is 0 Å². The fourth-order valence-corrected chi connectivity index (χ4v) is 2.47. The summed E-state index contributed by atoms with van der Waals surface area (Å²) >= 11 is 0. The summed E-state index contributed by atoms with van der Waals surface area (Å²) in [4.78, 5) is 12.3. The molecule has 136 valence electrons. The van der Waals surface area contributed by atoms with Crippen LogP contribution in [0.15, 0.2) is 90.0 Å². The van der Waals surface area contributed by atoms with Crippen LogP contribution in [0.3, 0.4) is 0 Å². The maximum Gasteiger partial charge on any atom is 0.416 e. The van der Waals surface area contributed by atoms with Crippen LogP contribution in [0, 0.1) is 0 Å². The van der Waals surface area contributed by atoms with E-state index in [-0.39, 0.29) is 5.56 Å². The number of halogens is 3. The van der Waals surface area contributed by atoms with Crippen LogP contribution >= 0.6 is 0 Å². The van der Waals surface area contributed by atoms with Crippen molar-refractivity contribution in [2.75, 3.05) is 0 Å². The van der Waals surface area contributed by atoms with Crippen LogP contribution in [0.4, 0.5) is 13.2 Å². The molecule has 6 heteroatoms. The van der Waals surface area contributed by atoms with Gasteiger partial charge in [-0.15, -0.1) is 0 Å². The van der Waals surface area contributed by atoms with Crippen molar-refractivity contribution >= 4 is 11.6 Å². The van der Waals surface area contributed by atoms with Crippen LogP contribution in [0.1, 0.15) is 27.0 Å². The van der Waals surface area contributed by atoms with E-state index in [9.17, 15) is 18.0 Å². The van der Waals surface area contributed by atoms with Crippen LogP contribution in [0.25, 0.3) is 0 Å². The zero-order chi connectivity index (χ0) is 19.3. The molecular formula is C21H15F3N2O. The quantitative estimate of drug-likeness (QED) is 0.517. The smallest absolute Gasteiger partial charge is 0.267 e. The minimum absolute atomic E-state index is 0.0900. The van der Waals surface area contributed by atoms with Gasteiger partial charge in [0.05, 0.1) is 11.3 Å². The normalized spacial score (nSPS) is 10.9. The molecule has 0 aliphatic rings. The molecule has 0 atom stereocenters. The van der Waals surface area contributed by atoms with Gasteiger partial charge in [0, 0.05) is 16.7 Å². The summed E-state index contributed by atoms with van der Waals surface area (Å²) in [5, 5.41) is 4.21. The average molecular weight is 368 g/mol. The Hall–Kier alpha value is -3.41. The van der Waals surface area contributed by atoms with Crippen LogP contribution in [-0.2, 0) is 6.18 Å². The number of nitrogens with one attached hydrogen (secondary N) is 1. The maximum absolute atomic E-state index is 12.6. The van der Waals surface area contributed by atoms with E-state index in [0.717, 1.165) is 35.4 Å². The molecule has 0 fully saturated rings. The Morgan fingerprint density at radius 1 is 0.704 bits per heavy atom. The van der Waals surface area contributed by atoms with E-state index in [4.69, 9.17) is 0 Å². The topological polar surface area (TPSA) is 41.5 Å². The van der Waals surface area contributed by atoms with Crippen molar-refractivity contribution in [3.63, 3.8) is 0 Å². The number of amides is 1. The van der Waals surface area contributed by atoms with E-state index < -0.39 is 17.6 Å². The molecule has 0 radical (unpaired) electrons. The third-order valence-electron chi connectivity index (χ3n) is 3.84. The molecule has 1 amide bonds. The fraction of sp³-hybridized carbons (Fsp3) is 0.0476. The molecule has 0 spiro atoms. The molecule has 0 unspecified atom stereocenters. The second-order valence-corrected chi connectivity index (χ2v) is 5.71. The highest BCUT2D eigenvalue weighted by Crippen LogP contribution is 2.29. The number of rotatable bonds is 4. The number of carbonyl (C=O) groups is 1. The van der Waals surface area contributed by atoms with Crippen molar-refractivity contribution in [3.8, 4) is 0 Å². The molecular weight excluding hydrogens is 353 g/mol. The number of hydrogen-bond donors (Lipinski definition) is 1. The van der Waals surface area contributed by atoms with Crippen LogP contribution in [-0.4, -0.2) is 11.6 Å². The minimum atomic E-state index is -4.44. The second-order valence-electron chi connectivity index (χ2n) is 5.71. The Morgan fingerprint density at radius 3 is 1.63 bits per heavy atom. The van der Waals surface area contributed by atoms with Crippen molar-refractivity contribution < 1.29 is 18.0 Å². The minimum Gasteiger partial charge on any atom is -0.267 e. The van der Waals surface area contributed by atoms with Gasteiger partial charge in [-0.1, -0.05) is 60.7 Å². The Morgan fingerprint density at radius 2 is 1.19 bits per heavy atom. The molecule has 3 aromatic rings. The first-order valence-corrected chi connectivity index (χ1v) is 8.11. The molecule has 0 aliphatic carbocycles. The predicted octanol–water partition coefficient (Wildman–Crippen LogP) is 4.89. The first-order valence-electron chi connectivity index (χ1n) is 8.11. The van der Waals surface area contributed by atoms with E-state index in [1.807, 2.05) is 60.7 Å². The third-order valence-corrected chi connectivity index (χ3v) is 3.84. The van der Waals surface area contributed by atoms with Gasteiger partial charge in [-0.05, 0) is 24.3 Å². The lowest BCUT2D eigenvalue weighted by Crippen LogP contribution is -2.20.